The van der Waals surface area contributed by atoms with Crippen molar-refractivity contribution in [1.29, 1.82) is 0 Å². The van der Waals surface area contributed by atoms with Crippen LogP contribution in [0.3, 0.4) is 0 Å². The Bertz CT molecular complexity index is 227. The third kappa shape index (κ3) is 3.05. The molecule has 1 aromatic heterocycles. The summed E-state index contributed by atoms with van der Waals surface area (Å²) < 4.78 is 0. The molecule has 0 unspecified atom stereocenters. The van der Waals surface area contributed by atoms with Crippen molar-refractivity contribution in [3.05, 3.63) is 17.7 Å². The van der Waals surface area contributed by atoms with Gasteiger partial charge in [-0.2, -0.15) is 0 Å². The van der Waals surface area contributed by atoms with E-state index < -0.39 is 0 Å². The molecule has 0 aliphatic rings. The van der Waals surface area contributed by atoms with Gasteiger partial charge in [0.25, 0.3) is 0 Å². The Morgan fingerprint density at radius 2 is 2.33 bits per heavy atom. The second-order valence-corrected chi connectivity index (χ2v) is 3.54. The topological polar surface area (TPSA) is 40.7 Å². The van der Waals surface area contributed by atoms with Gasteiger partial charge in [0, 0.05) is 11.9 Å². The first-order chi connectivity index (χ1) is 5.68. The third-order valence-corrected chi connectivity index (χ3v) is 1.60. The minimum atomic E-state index is 0.695. The van der Waals surface area contributed by atoms with E-state index in [1.165, 1.54) is 0 Å². The van der Waals surface area contributed by atoms with E-state index in [0.29, 0.717) is 5.92 Å². The maximum Gasteiger partial charge on any atom is 0.120 e. The largest absolute Gasteiger partial charge is 0.345 e. The molecule has 2 N–H and O–H groups in total. The molecule has 0 amide bonds. The molecule has 0 saturated carbocycles. The van der Waals surface area contributed by atoms with Gasteiger partial charge in [0.1, 0.15) is 5.82 Å². The van der Waals surface area contributed by atoms with Gasteiger partial charge in [-0.25, -0.2) is 4.98 Å². The predicted octanol–water partition coefficient (Wildman–Crippen LogP) is 1.46. The zero-order valence-corrected chi connectivity index (χ0v) is 8.02. The minimum absolute atomic E-state index is 0.695. The van der Waals surface area contributed by atoms with Gasteiger partial charge in [0.15, 0.2) is 0 Å². The fraction of sp³-hybridized carbons (Fsp3) is 0.667. The molecule has 0 aliphatic heterocycles. The molecule has 0 radical (unpaired) electrons. The molecule has 0 atom stereocenters. The molecule has 1 aromatic rings. The third-order valence-electron chi connectivity index (χ3n) is 1.60. The monoisotopic (exact) mass is 167 g/mol. The van der Waals surface area contributed by atoms with Crippen molar-refractivity contribution >= 4 is 0 Å². The summed E-state index contributed by atoms with van der Waals surface area (Å²) in [6.07, 6.45) is 1.85. The van der Waals surface area contributed by atoms with E-state index in [9.17, 15) is 0 Å². The Kier molecular flexibility index (Phi) is 3.29. The van der Waals surface area contributed by atoms with Crippen LogP contribution in [0, 0.1) is 12.8 Å². The van der Waals surface area contributed by atoms with E-state index in [4.69, 9.17) is 0 Å². The molecule has 0 bridgehead atoms. The average molecular weight is 167 g/mol. The zero-order chi connectivity index (χ0) is 8.97. The van der Waals surface area contributed by atoms with Gasteiger partial charge >= 0.3 is 0 Å². The first-order valence-electron chi connectivity index (χ1n) is 4.39. The van der Waals surface area contributed by atoms with Crippen molar-refractivity contribution in [1.82, 2.24) is 15.3 Å². The van der Waals surface area contributed by atoms with Crippen LogP contribution in [0.2, 0.25) is 0 Å². The lowest BCUT2D eigenvalue weighted by Gasteiger charge is -2.04. The van der Waals surface area contributed by atoms with Gasteiger partial charge in [0.2, 0.25) is 0 Å². The van der Waals surface area contributed by atoms with E-state index in [2.05, 4.69) is 29.1 Å². The first-order valence-corrected chi connectivity index (χ1v) is 4.39. The summed E-state index contributed by atoms with van der Waals surface area (Å²) in [5.41, 5.74) is 1.12. The van der Waals surface area contributed by atoms with Crippen LogP contribution in [0.25, 0.3) is 0 Å². The number of aromatic nitrogens is 2. The van der Waals surface area contributed by atoms with E-state index in [1.54, 1.807) is 0 Å². The van der Waals surface area contributed by atoms with Crippen LogP contribution >= 0.6 is 0 Å². The quantitative estimate of drug-likeness (QED) is 0.713. The molecule has 3 nitrogen and oxygen atoms in total. The Morgan fingerprint density at radius 1 is 1.58 bits per heavy atom. The van der Waals surface area contributed by atoms with Crippen LogP contribution in [0.15, 0.2) is 6.20 Å². The van der Waals surface area contributed by atoms with Crippen LogP contribution in [0.4, 0.5) is 0 Å². The maximum absolute atomic E-state index is 4.19. The molecule has 0 aliphatic carbocycles. The normalized spacial score (nSPS) is 11.0. The summed E-state index contributed by atoms with van der Waals surface area (Å²) in [7, 11) is 0. The lowest BCUT2D eigenvalue weighted by Crippen LogP contribution is -2.19. The van der Waals surface area contributed by atoms with Crippen LogP contribution in [-0.2, 0) is 6.54 Å². The van der Waals surface area contributed by atoms with Crippen LogP contribution < -0.4 is 5.32 Å². The van der Waals surface area contributed by atoms with Crippen molar-refractivity contribution in [3.63, 3.8) is 0 Å². The summed E-state index contributed by atoms with van der Waals surface area (Å²) in [5.74, 6) is 1.72. The van der Waals surface area contributed by atoms with Crippen molar-refractivity contribution in [3.8, 4) is 0 Å². The molecule has 1 heterocycles. The Morgan fingerprint density at radius 3 is 2.83 bits per heavy atom. The number of rotatable bonds is 4. The number of H-pyrrole nitrogens is 1. The minimum Gasteiger partial charge on any atom is -0.345 e. The number of nitrogens with zero attached hydrogens (tertiary/aromatic N) is 1. The van der Waals surface area contributed by atoms with E-state index >= 15 is 0 Å². The second kappa shape index (κ2) is 4.26. The second-order valence-electron chi connectivity index (χ2n) is 3.54. The van der Waals surface area contributed by atoms with E-state index in [-0.39, 0.29) is 0 Å². The van der Waals surface area contributed by atoms with Crippen molar-refractivity contribution in [2.24, 2.45) is 5.92 Å². The average Bonchev–Trinajstić information content (AvgIpc) is 2.35. The lowest BCUT2D eigenvalue weighted by molar-refractivity contribution is 0.544. The highest BCUT2D eigenvalue weighted by molar-refractivity contribution is 4.97. The number of imidazole rings is 1. The molecule has 0 aromatic carbocycles. The first kappa shape index (κ1) is 9.26. The summed E-state index contributed by atoms with van der Waals surface area (Å²) in [4.78, 5) is 7.37. The van der Waals surface area contributed by atoms with Gasteiger partial charge in [-0.05, 0) is 19.4 Å². The van der Waals surface area contributed by atoms with Crippen LogP contribution in [0.5, 0.6) is 0 Å². The fourth-order valence-corrected chi connectivity index (χ4v) is 1.04. The molecular formula is C9H17N3. The number of hydrogen-bond acceptors (Lipinski definition) is 2. The van der Waals surface area contributed by atoms with E-state index in [0.717, 1.165) is 24.6 Å². The molecule has 0 fully saturated rings. The van der Waals surface area contributed by atoms with Crippen molar-refractivity contribution < 1.29 is 0 Å². The van der Waals surface area contributed by atoms with Gasteiger partial charge in [-0.3, -0.25) is 0 Å². The molecule has 68 valence electrons. The molecule has 1 rings (SSSR count). The Labute approximate surface area is 73.6 Å². The predicted molar refractivity (Wildman–Crippen MR) is 49.9 cm³/mol. The number of aromatic amines is 1. The molecule has 3 heteroatoms. The van der Waals surface area contributed by atoms with E-state index in [1.807, 2.05) is 13.1 Å². The maximum atomic E-state index is 4.19. The molecule has 12 heavy (non-hydrogen) atoms. The highest BCUT2D eigenvalue weighted by Crippen LogP contribution is 1.94. The lowest BCUT2D eigenvalue weighted by atomic mass is 10.2. The number of aryl methyl sites for hydroxylation is 1. The van der Waals surface area contributed by atoms with Crippen molar-refractivity contribution in [2.45, 2.75) is 27.3 Å². The molecular weight excluding hydrogens is 150 g/mol. The van der Waals surface area contributed by atoms with Crippen molar-refractivity contribution in [2.75, 3.05) is 6.54 Å². The molecule has 0 spiro atoms. The number of nitrogens with one attached hydrogen (secondary N) is 2. The standard InChI is InChI=1S/C9H17N3/c1-7(2)4-10-6-9-11-5-8(3)12-9/h5,7,10H,4,6H2,1-3H3,(H,11,12). The summed E-state index contributed by atoms with van der Waals surface area (Å²) in [6, 6.07) is 0. The van der Waals surface area contributed by atoms with Gasteiger partial charge in [-0.15, -0.1) is 0 Å². The fourth-order valence-electron chi connectivity index (χ4n) is 1.04. The smallest absolute Gasteiger partial charge is 0.120 e. The molecule has 0 saturated heterocycles. The van der Waals surface area contributed by atoms with Crippen LogP contribution in [-0.4, -0.2) is 16.5 Å². The zero-order valence-electron chi connectivity index (χ0n) is 8.02. The number of hydrogen-bond donors (Lipinski definition) is 2. The summed E-state index contributed by atoms with van der Waals surface area (Å²) in [6.45, 7) is 8.28. The Balaban J connectivity index is 2.24. The summed E-state index contributed by atoms with van der Waals surface area (Å²) >= 11 is 0. The van der Waals surface area contributed by atoms with Crippen LogP contribution in [0.1, 0.15) is 25.4 Å². The van der Waals surface area contributed by atoms with Gasteiger partial charge in [0.05, 0.1) is 6.54 Å². The highest BCUT2D eigenvalue weighted by atomic mass is 15.0. The van der Waals surface area contributed by atoms with Gasteiger partial charge in [-0.1, -0.05) is 13.8 Å². The summed E-state index contributed by atoms with van der Waals surface area (Å²) in [5, 5.41) is 3.32. The highest BCUT2D eigenvalue weighted by Gasteiger charge is 1.97. The van der Waals surface area contributed by atoms with Gasteiger partial charge < -0.3 is 10.3 Å². The SMILES string of the molecule is Cc1cnc(CNCC(C)C)[nH]1. The Hall–Kier alpha value is -0.830.